The van der Waals surface area contributed by atoms with E-state index in [4.69, 9.17) is 4.74 Å². The first kappa shape index (κ1) is 15.9. The van der Waals surface area contributed by atoms with Crippen LogP contribution in [-0.2, 0) is 11.3 Å². The molecule has 108 valence electrons. The summed E-state index contributed by atoms with van der Waals surface area (Å²) in [4.78, 5) is 8.87. The van der Waals surface area contributed by atoms with Crippen molar-refractivity contribution in [3.05, 3.63) is 23.9 Å². The molecule has 1 rings (SSSR count). The molecule has 0 spiro atoms. The quantitative estimate of drug-likeness (QED) is 0.670. The van der Waals surface area contributed by atoms with Crippen molar-refractivity contribution in [3.8, 4) is 0 Å². The Morgan fingerprint density at radius 2 is 2.05 bits per heavy atom. The third kappa shape index (κ3) is 6.00. The molecule has 1 heterocycles. The highest BCUT2D eigenvalue weighted by Crippen LogP contribution is 2.15. The Balaban J connectivity index is 2.56. The van der Waals surface area contributed by atoms with Crippen LogP contribution in [0.5, 0.6) is 0 Å². The monoisotopic (exact) mass is 266 g/mol. The number of nitrogens with one attached hydrogen (secondary N) is 1. The number of anilines is 1. The Morgan fingerprint density at radius 3 is 2.74 bits per heavy atom. The minimum Gasteiger partial charge on any atom is -0.383 e. The summed E-state index contributed by atoms with van der Waals surface area (Å²) >= 11 is 0. The molecule has 0 atom stereocenters. The highest BCUT2D eigenvalue weighted by Gasteiger charge is 2.08. The smallest absolute Gasteiger partial charge is 0.132 e. The molecular weight excluding hydrogens is 240 g/mol. The van der Waals surface area contributed by atoms with Gasteiger partial charge in [-0.05, 0) is 20.2 Å². The number of pyridine rings is 1. The van der Waals surface area contributed by atoms with Gasteiger partial charge in [0.1, 0.15) is 5.82 Å². The molecule has 5 heteroatoms. The van der Waals surface area contributed by atoms with Gasteiger partial charge < -0.3 is 19.9 Å². The van der Waals surface area contributed by atoms with Crippen molar-refractivity contribution in [2.75, 3.05) is 59.4 Å². The maximum Gasteiger partial charge on any atom is 0.132 e. The summed E-state index contributed by atoms with van der Waals surface area (Å²) in [6.07, 6.45) is 1.85. The zero-order chi connectivity index (χ0) is 14.1. The lowest BCUT2D eigenvalue weighted by molar-refractivity contribution is 0.199. The first-order valence-electron chi connectivity index (χ1n) is 6.64. The molecule has 0 saturated carbocycles. The molecule has 0 amide bonds. The average Bonchev–Trinajstić information content (AvgIpc) is 2.41. The summed E-state index contributed by atoms with van der Waals surface area (Å²) in [7, 11) is 7.97. The Labute approximate surface area is 116 Å². The number of methoxy groups -OCH3 is 1. The van der Waals surface area contributed by atoms with Gasteiger partial charge in [0.05, 0.1) is 6.61 Å². The normalized spacial score (nSPS) is 11.0. The van der Waals surface area contributed by atoms with E-state index in [1.165, 1.54) is 5.56 Å². The molecule has 0 aliphatic carbocycles. The first-order valence-corrected chi connectivity index (χ1v) is 6.64. The van der Waals surface area contributed by atoms with Crippen LogP contribution in [0.4, 0.5) is 5.82 Å². The summed E-state index contributed by atoms with van der Waals surface area (Å²) in [5, 5.41) is 3.36. The van der Waals surface area contributed by atoms with E-state index in [0.717, 1.165) is 38.6 Å². The van der Waals surface area contributed by atoms with E-state index < -0.39 is 0 Å². The van der Waals surface area contributed by atoms with Gasteiger partial charge in [-0.1, -0.05) is 6.07 Å². The molecule has 0 bridgehead atoms. The van der Waals surface area contributed by atoms with E-state index in [9.17, 15) is 0 Å². The van der Waals surface area contributed by atoms with Crippen LogP contribution in [0.3, 0.4) is 0 Å². The minimum atomic E-state index is 0.728. The predicted octanol–water partition coefficient (Wildman–Crippen LogP) is 0.815. The van der Waals surface area contributed by atoms with Crippen molar-refractivity contribution >= 4 is 5.82 Å². The molecule has 0 aliphatic rings. The summed E-state index contributed by atoms with van der Waals surface area (Å²) < 4.78 is 5.03. The zero-order valence-electron chi connectivity index (χ0n) is 12.5. The molecule has 1 aromatic rings. The Hall–Kier alpha value is -1.17. The average molecular weight is 266 g/mol. The standard InChI is InChI=1S/C14H26N4O/c1-17(2)9-10-18(3)14-13(6-5-7-16-14)12-15-8-11-19-4/h5-7,15H,8-12H2,1-4H3. The molecule has 0 saturated heterocycles. The second kappa shape index (κ2) is 8.85. The van der Waals surface area contributed by atoms with Crippen LogP contribution in [0.15, 0.2) is 18.3 Å². The van der Waals surface area contributed by atoms with Crippen LogP contribution in [0.25, 0.3) is 0 Å². The molecule has 19 heavy (non-hydrogen) atoms. The van der Waals surface area contributed by atoms with Crippen molar-refractivity contribution in [3.63, 3.8) is 0 Å². The maximum atomic E-state index is 5.03. The van der Waals surface area contributed by atoms with E-state index in [1.54, 1.807) is 7.11 Å². The van der Waals surface area contributed by atoms with E-state index in [0.29, 0.717) is 0 Å². The summed E-state index contributed by atoms with van der Waals surface area (Å²) in [5.74, 6) is 1.05. The van der Waals surface area contributed by atoms with Crippen molar-refractivity contribution in [1.29, 1.82) is 0 Å². The van der Waals surface area contributed by atoms with E-state index >= 15 is 0 Å². The minimum absolute atomic E-state index is 0.728. The molecule has 5 nitrogen and oxygen atoms in total. The van der Waals surface area contributed by atoms with Gasteiger partial charge in [-0.3, -0.25) is 0 Å². The van der Waals surface area contributed by atoms with Crippen LogP contribution in [0, 0.1) is 0 Å². The summed E-state index contributed by atoms with van der Waals surface area (Å²) in [6, 6.07) is 4.10. The summed E-state index contributed by atoms with van der Waals surface area (Å²) in [6.45, 7) is 4.38. The lowest BCUT2D eigenvalue weighted by Gasteiger charge is -2.23. The van der Waals surface area contributed by atoms with Crippen molar-refractivity contribution in [2.45, 2.75) is 6.54 Å². The van der Waals surface area contributed by atoms with Gasteiger partial charge in [-0.25, -0.2) is 4.98 Å². The van der Waals surface area contributed by atoms with Gasteiger partial charge in [0.25, 0.3) is 0 Å². The van der Waals surface area contributed by atoms with Crippen molar-refractivity contribution in [1.82, 2.24) is 15.2 Å². The molecule has 0 aliphatic heterocycles. The Morgan fingerprint density at radius 1 is 1.26 bits per heavy atom. The molecular formula is C14H26N4O. The van der Waals surface area contributed by atoms with E-state index in [1.807, 2.05) is 12.3 Å². The number of ether oxygens (including phenoxy) is 1. The van der Waals surface area contributed by atoms with Crippen LogP contribution in [0.2, 0.25) is 0 Å². The maximum absolute atomic E-state index is 5.03. The van der Waals surface area contributed by atoms with E-state index in [2.05, 4.69) is 47.3 Å². The van der Waals surface area contributed by atoms with E-state index in [-0.39, 0.29) is 0 Å². The molecule has 1 aromatic heterocycles. The third-order valence-corrected chi connectivity index (χ3v) is 2.91. The SMILES string of the molecule is COCCNCc1cccnc1N(C)CCN(C)C. The molecule has 1 N–H and O–H groups in total. The largest absolute Gasteiger partial charge is 0.383 e. The molecule has 0 aromatic carbocycles. The number of hydrogen-bond donors (Lipinski definition) is 1. The topological polar surface area (TPSA) is 40.6 Å². The molecule has 0 fully saturated rings. The predicted molar refractivity (Wildman–Crippen MR) is 79.6 cm³/mol. The van der Waals surface area contributed by atoms with Crippen LogP contribution in [-0.4, -0.2) is 64.4 Å². The van der Waals surface area contributed by atoms with Gasteiger partial charge in [-0.2, -0.15) is 0 Å². The van der Waals surface area contributed by atoms with Gasteiger partial charge in [-0.15, -0.1) is 0 Å². The zero-order valence-corrected chi connectivity index (χ0v) is 12.5. The van der Waals surface area contributed by atoms with Gasteiger partial charge in [0.2, 0.25) is 0 Å². The van der Waals surface area contributed by atoms with Crippen LogP contribution >= 0.6 is 0 Å². The Kier molecular flexibility index (Phi) is 7.40. The first-order chi connectivity index (χ1) is 9.15. The van der Waals surface area contributed by atoms with Crippen LogP contribution in [0.1, 0.15) is 5.56 Å². The number of rotatable bonds is 9. The fourth-order valence-electron chi connectivity index (χ4n) is 1.77. The second-order valence-electron chi connectivity index (χ2n) is 4.88. The number of likely N-dealkylation sites (N-methyl/N-ethyl adjacent to an activating group) is 2. The number of aromatic nitrogens is 1. The lowest BCUT2D eigenvalue weighted by atomic mass is 10.2. The highest BCUT2D eigenvalue weighted by atomic mass is 16.5. The number of hydrogen-bond acceptors (Lipinski definition) is 5. The number of nitrogens with zero attached hydrogens (tertiary/aromatic N) is 3. The fourth-order valence-corrected chi connectivity index (χ4v) is 1.77. The fraction of sp³-hybridized carbons (Fsp3) is 0.643. The van der Waals surface area contributed by atoms with Gasteiger partial charge in [0, 0.05) is 52.1 Å². The van der Waals surface area contributed by atoms with Crippen molar-refractivity contribution < 1.29 is 4.74 Å². The van der Waals surface area contributed by atoms with Crippen LogP contribution < -0.4 is 10.2 Å². The highest BCUT2D eigenvalue weighted by molar-refractivity contribution is 5.45. The Bertz CT molecular complexity index is 357. The summed E-state index contributed by atoms with van der Waals surface area (Å²) in [5.41, 5.74) is 1.22. The second-order valence-corrected chi connectivity index (χ2v) is 4.88. The van der Waals surface area contributed by atoms with Gasteiger partial charge in [0.15, 0.2) is 0 Å². The lowest BCUT2D eigenvalue weighted by Crippen LogP contribution is -2.30. The van der Waals surface area contributed by atoms with Gasteiger partial charge >= 0.3 is 0 Å². The third-order valence-electron chi connectivity index (χ3n) is 2.91. The molecule has 0 unspecified atom stereocenters. The van der Waals surface area contributed by atoms with Crippen molar-refractivity contribution in [2.24, 2.45) is 0 Å². The molecule has 0 radical (unpaired) electrons.